The molecular formula is C18H15NO3S. The van der Waals surface area contributed by atoms with Crippen LogP contribution in [0.1, 0.15) is 23.0 Å². The summed E-state index contributed by atoms with van der Waals surface area (Å²) in [4.78, 5) is 27.4. The van der Waals surface area contributed by atoms with Crippen LogP contribution in [0.2, 0.25) is 0 Å². The van der Waals surface area contributed by atoms with Crippen LogP contribution < -0.4 is 4.90 Å². The normalized spacial score (nSPS) is 21.8. The summed E-state index contributed by atoms with van der Waals surface area (Å²) in [5, 5.41) is 9.44. The number of para-hydroxylation sites is 1. The van der Waals surface area contributed by atoms with Crippen molar-refractivity contribution in [2.45, 2.75) is 16.7 Å². The highest BCUT2D eigenvalue weighted by atomic mass is 32.2. The lowest BCUT2D eigenvalue weighted by Crippen LogP contribution is -2.35. The van der Waals surface area contributed by atoms with Gasteiger partial charge in [0.2, 0.25) is 5.91 Å². The average molecular weight is 325 g/mol. The van der Waals surface area contributed by atoms with Gasteiger partial charge in [-0.25, -0.2) is 0 Å². The molecule has 0 unspecified atom stereocenters. The number of fused-ring (bicyclic) bond motifs is 2. The third-order valence-corrected chi connectivity index (χ3v) is 5.71. The number of hydrogen-bond donors (Lipinski definition) is 1. The number of carboxylic acids is 1. The monoisotopic (exact) mass is 325 g/mol. The van der Waals surface area contributed by atoms with Gasteiger partial charge in [-0.2, -0.15) is 0 Å². The Bertz CT molecular complexity index is 804. The van der Waals surface area contributed by atoms with Crippen LogP contribution in [0.3, 0.4) is 0 Å². The Labute approximate surface area is 138 Å². The number of carboxylic acid groups (broad SMARTS) is 1. The summed E-state index contributed by atoms with van der Waals surface area (Å²) in [6.07, 6.45) is 0. The standard InChI is InChI=1S/C18H15NO3S/c20-17(14-10-23-16-8-4-2-6-12(14)16)19-9-13(18(21)22)11-5-1-3-7-15(11)19/h1-8,13-14H,9-10H2,(H,21,22)/t13-,14+/m0/s1. The molecule has 4 rings (SSSR count). The fraction of sp³-hybridized carbons (Fsp3) is 0.222. The van der Waals surface area contributed by atoms with E-state index >= 15 is 0 Å². The number of nitrogens with zero attached hydrogens (tertiary/aromatic N) is 1. The molecule has 0 radical (unpaired) electrons. The molecule has 2 aromatic rings. The van der Waals surface area contributed by atoms with Crippen molar-refractivity contribution in [2.75, 3.05) is 17.2 Å². The molecular weight excluding hydrogens is 310 g/mol. The van der Waals surface area contributed by atoms with Crippen molar-refractivity contribution < 1.29 is 14.7 Å². The van der Waals surface area contributed by atoms with Gasteiger partial charge in [-0.1, -0.05) is 36.4 Å². The van der Waals surface area contributed by atoms with Crippen molar-refractivity contribution in [3.8, 4) is 0 Å². The minimum Gasteiger partial charge on any atom is -0.481 e. The van der Waals surface area contributed by atoms with Gasteiger partial charge in [0.25, 0.3) is 0 Å². The van der Waals surface area contributed by atoms with Gasteiger partial charge >= 0.3 is 5.97 Å². The van der Waals surface area contributed by atoms with E-state index in [2.05, 4.69) is 0 Å². The lowest BCUT2D eigenvalue weighted by Gasteiger charge is -2.21. The van der Waals surface area contributed by atoms with Crippen LogP contribution in [0.15, 0.2) is 53.4 Å². The zero-order valence-electron chi connectivity index (χ0n) is 12.3. The van der Waals surface area contributed by atoms with Crippen LogP contribution in [-0.2, 0) is 9.59 Å². The lowest BCUT2D eigenvalue weighted by atomic mass is 10.00. The number of carbonyl (C=O) groups excluding carboxylic acids is 1. The molecule has 1 N–H and O–H groups in total. The van der Waals surface area contributed by atoms with E-state index in [0.717, 1.165) is 21.7 Å². The predicted molar refractivity (Wildman–Crippen MR) is 89.1 cm³/mol. The maximum Gasteiger partial charge on any atom is 0.312 e. The number of aliphatic carboxylic acids is 1. The van der Waals surface area contributed by atoms with Crippen molar-refractivity contribution in [1.82, 2.24) is 0 Å². The van der Waals surface area contributed by atoms with Crippen LogP contribution in [0, 0.1) is 0 Å². The molecule has 4 nitrogen and oxygen atoms in total. The molecule has 2 heterocycles. The Balaban J connectivity index is 1.70. The van der Waals surface area contributed by atoms with Crippen molar-refractivity contribution in [2.24, 2.45) is 0 Å². The first-order chi connectivity index (χ1) is 11.2. The van der Waals surface area contributed by atoms with Crippen molar-refractivity contribution in [3.63, 3.8) is 0 Å². The maximum absolute atomic E-state index is 13.1. The highest BCUT2D eigenvalue weighted by Crippen LogP contribution is 2.43. The lowest BCUT2D eigenvalue weighted by molar-refractivity contribution is -0.138. The third-order valence-electron chi connectivity index (χ3n) is 4.53. The second-order valence-electron chi connectivity index (χ2n) is 5.80. The summed E-state index contributed by atoms with van der Waals surface area (Å²) >= 11 is 1.69. The molecule has 2 aliphatic heterocycles. The molecule has 1 amide bonds. The fourth-order valence-corrected chi connectivity index (χ4v) is 4.60. The minimum atomic E-state index is -0.881. The Morgan fingerprint density at radius 1 is 1.00 bits per heavy atom. The Morgan fingerprint density at radius 3 is 2.48 bits per heavy atom. The SMILES string of the molecule is O=C(O)[C@H]1CN(C(=O)[C@@H]2CSc3ccccc32)c2ccccc21. The number of benzene rings is 2. The molecule has 0 aromatic heterocycles. The van der Waals surface area contributed by atoms with Gasteiger partial charge < -0.3 is 10.0 Å². The van der Waals surface area contributed by atoms with Crippen molar-refractivity contribution in [1.29, 1.82) is 0 Å². The smallest absolute Gasteiger partial charge is 0.312 e. The van der Waals surface area contributed by atoms with E-state index in [-0.39, 0.29) is 18.4 Å². The highest BCUT2D eigenvalue weighted by Gasteiger charge is 2.40. The second kappa shape index (κ2) is 5.42. The zero-order chi connectivity index (χ0) is 16.0. The highest BCUT2D eigenvalue weighted by molar-refractivity contribution is 7.99. The summed E-state index contributed by atoms with van der Waals surface area (Å²) in [5.74, 6) is -1.00. The minimum absolute atomic E-state index is 0.00125. The van der Waals surface area contributed by atoms with Gasteiger partial charge in [0.15, 0.2) is 0 Å². The molecule has 5 heteroatoms. The molecule has 0 bridgehead atoms. The van der Waals surface area contributed by atoms with Gasteiger partial charge in [-0.15, -0.1) is 11.8 Å². The summed E-state index contributed by atoms with van der Waals surface area (Å²) in [7, 11) is 0. The van der Waals surface area contributed by atoms with Crippen molar-refractivity contribution >= 4 is 29.3 Å². The van der Waals surface area contributed by atoms with E-state index in [1.165, 1.54) is 0 Å². The van der Waals surface area contributed by atoms with E-state index in [4.69, 9.17) is 0 Å². The van der Waals surface area contributed by atoms with Gasteiger partial charge in [0.1, 0.15) is 5.92 Å². The predicted octanol–water partition coefficient (Wildman–Crippen LogP) is 3.09. The molecule has 0 fully saturated rings. The largest absolute Gasteiger partial charge is 0.481 e. The molecule has 2 aromatic carbocycles. The van der Waals surface area contributed by atoms with Gasteiger partial charge in [-0.05, 0) is 23.3 Å². The van der Waals surface area contributed by atoms with Crippen molar-refractivity contribution in [3.05, 3.63) is 59.7 Å². The number of thioether (sulfide) groups is 1. The van der Waals surface area contributed by atoms with Gasteiger partial charge in [0.05, 0.1) is 5.92 Å². The van der Waals surface area contributed by atoms with E-state index in [0.29, 0.717) is 5.75 Å². The first-order valence-corrected chi connectivity index (χ1v) is 8.50. The number of amides is 1. The first-order valence-electron chi connectivity index (χ1n) is 7.51. The van der Waals surface area contributed by atoms with Gasteiger partial charge in [0, 0.05) is 22.9 Å². The zero-order valence-corrected chi connectivity index (χ0v) is 13.1. The van der Waals surface area contributed by atoms with E-state index in [9.17, 15) is 14.7 Å². The fourth-order valence-electron chi connectivity index (χ4n) is 3.38. The maximum atomic E-state index is 13.1. The van der Waals surface area contributed by atoms with Crippen LogP contribution >= 0.6 is 11.8 Å². The number of hydrogen-bond acceptors (Lipinski definition) is 3. The topological polar surface area (TPSA) is 57.6 Å². The molecule has 0 saturated carbocycles. The summed E-state index contributed by atoms with van der Waals surface area (Å²) in [6.45, 7) is 0.219. The number of anilines is 1. The molecule has 0 aliphatic carbocycles. The van der Waals surface area contributed by atoms with E-state index < -0.39 is 11.9 Å². The molecule has 116 valence electrons. The quantitative estimate of drug-likeness (QED) is 0.922. The van der Waals surface area contributed by atoms with Gasteiger partial charge in [-0.3, -0.25) is 9.59 Å². The second-order valence-corrected chi connectivity index (χ2v) is 6.86. The summed E-state index contributed by atoms with van der Waals surface area (Å²) in [6, 6.07) is 15.3. The molecule has 2 atom stereocenters. The van der Waals surface area contributed by atoms with Crippen LogP contribution in [0.5, 0.6) is 0 Å². The molecule has 23 heavy (non-hydrogen) atoms. The Hall–Kier alpha value is -2.27. The molecule has 2 aliphatic rings. The Morgan fingerprint density at radius 2 is 1.70 bits per heavy atom. The van der Waals surface area contributed by atoms with Crippen LogP contribution in [0.25, 0.3) is 0 Å². The van der Waals surface area contributed by atoms with Crippen LogP contribution in [0.4, 0.5) is 5.69 Å². The summed E-state index contributed by atoms with van der Waals surface area (Å²) < 4.78 is 0. The molecule has 0 saturated heterocycles. The Kier molecular flexibility index (Phi) is 3.38. The third kappa shape index (κ3) is 2.23. The number of carbonyl (C=O) groups is 2. The molecule has 0 spiro atoms. The number of rotatable bonds is 2. The average Bonchev–Trinajstić information content (AvgIpc) is 3.16. The van der Waals surface area contributed by atoms with Crippen LogP contribution in [-0.4, -0.2) is 29.3 Å². The van der Waals surface area contributed by atoms with E-state index in [1.807, 2.05) is 42.5 Å². The summed E-state index contributed by atoms with van der Waals surface area (Å²) in [5.41, 5.74) is 2.52. The van der Waals surface area contributed by atoms with E-state index in [1.54, 1.807) is 22.7 Å². The first kappa shape index (κ1) is 14.3.